The number of nitrogens with zero attached hydrogens (tertiary/aromatic N) is 1. The number of ether oxygens (including phenoxy) is 1. The molecule has 1 aliphatic heterocycles. The molecule has 1 aromatic carbocycles. The summed E-state index contributed by atoms with van der Waals surface area (Å²) < 4.78 is 5.36. The van der Waals surface area contributed by atoms with Gasteiger partial charge in [-0.1, -0.05) is 11.6 Å². The largest absolute Gasteiger partial charge is 0.507 e. The number of nitrogens with one attached hydrogen (secondary N) is 1. The van der Waals surface area contributed by atoms with E-state index in [9.17, 15) is 14.7 Å². The summed E-state index contributed by atoms with van der Waals surface area (Å²) in [5.41, 5.74) is 0.687. The summed E-state index contributed by atoms with van der Waals surface area (Å²) in [6.07, 6.45) is 1.01. The second-order valence-corrected chi connectivity index (χ2v) is 7.24. The fourth-order valence-corrected chi connectivity index (χ4v) is 2.63. The van der Waals surface area contributed by atoms with E-state index in [1.54, 1.807) is 17.0 Å². The van der Waals surface area contributed by atoms with Gasteiger partial charge in [-0.15, -0.1) is 0 Å². The van der Waals surface area contributed by atoms with Crippen LogP contribution in [-0.2, 0) is 4.74 Å². The van der Waals surface area contributed by atoms with Crippen molar-refractivity contribution in [3.05, 3.63) is 29.3 Å². The Labute approximate surface area is 142 Å². The molecule has 1 aliphatic rings. The number of aryl methyl sites for hydroxylation is 1. The molecule has 2 amide bonds. The average molecular weight is 334 g/mol. The summed E-state index contributed by atoms with van der Waals surface area (Å²) >= 11 is 0. The number of piperidine rings is 1. The fraction of sp³-hybridized carbons (Fsp3) is 0.556. The number of benzene rings is 1. The SMILES string of the molecule is Cc1ccc(O)c(C(=O)NC2CCN(C(=O)OC(C)(C)C)CC2)c1. The minimum atomic E-state index is -0.509. The molecule has 0 unspecified atom stereocenters. The van der Waals surface area contributed by atoms with Gasteiger partial charge in [0.05, 0.1) is 5.56 Å². The minimum Gasteiger partial charge on any atom is -0.507 e. The Balaban J connectivity index is 1.88. The summed E-state index contributed by atoms with van der Waals surface area (Å²) in [5.74, 6) is -0.309. The zero-order chi connectivity index (χ0) is 17.9. The first kappa shape index (κ1) is 18.1. The van der Waals surface area contributed by atoms with Crippen molar-refractivity contribution in [2.24, 2.45) is 0 Å². The predicted octanol–water partition coefficient (Wildman–Crippen LogP) is 2.83. The van der Waals surface area contributed by atoms with E-state index in [0.717, 1.165) is 5.56 Å². The van der Waals surface area contributed by atoms with E-state index >= 15 is 0 Å². The van der Waals surface area contributed by atoms with Crippen LogP contribution in [0, 0.1) is 6.92 Å². The maximum absolute atomic E-state index is 12.3. The van der Waals surface area contributed by atoms with Gasteiger partial charge in [-0.2, -0.15) is 0 Å². The van der Waals surface area contributed by atoms with Crippen molar-refractivity contribution in [2.45, 2.75) is 52.2 Å². The molecule has 0 bridgehead atoms. The lowest BCUT2D eigenvalue weighted by Gasteiger charge is -2.33. The second-order valence-electron chi connectivity index (χ2n) is 7.24. The molecule has 0 aliphatic carbocycles. The number of hydrogen-bond donors (Lipinski definition) is 2. The Bertz CT molecular complexity index is 614. The Morgan fingerprint density at radius 2 is 1.88 bits per heavy atom. The van der Waals surface area contributed by atoms with Crippen LogP contribution < -0.4 is 5.32 Å². The standard InChI is InChI=1S/C18H26N2O4/c1-12-5-6-15(21)14(11-12)16(22)19-13-7-9-20(10-8-13)17(23)24-18(2,3)4/h5-6,11,13,21H,7-10H2,1-4H3,(H,19,22). The van der Waals surface area contributed by atoms with Crippen LogP contribution in [0.3, 0.4) is 0 Å². The fourth-order valence-electron chi connectivity index (χ4n) is 2.63. The van der Waals surface area contributed by atoms with E-state index in [4.69, 9.17) is 4.74 Å². The van der Waals surface area contributed by atoms with Gasteiger partial charge in [-0.3, -0.25) is 4.79 Å². The van der Waals surface area contributed by atoms with Gasteiger partial charge in [-0.05, 0) is 52.7 Å². The first-order chi connectivity index (χ1) is 11.2. The molecule has 132 valence electrons. The smallest absolute Gasteiger partial charge is 0.410 e. The quantitative estimate of drug-likeness (QED) is 0.872. The molecule has 1 heterocycles. The topological polar surface area (TPSA) is 78.9 Å². The molecule has 0 spiro atoms. The highest BCUT2D eigenvalue weighted by molar-refractivity contribution is 5.97. The number of likely N-dealkylation sites (tertiary alicyclic amines) is 1. The highest BCUT2D eigenvalue weighted by Crippen LogP contribution is 2.20. The summed E-state index contributed by atoms with van der Waals surface area (Å²) in [6, 6.07) is 4.93. The van der Waals surface area contributed by atoms with Crippen LogP contribution in [0.15, 0.2) is 18.2 Å². The van der Waals surface area contributed by atoms with E-state index in [-0.39, 0.29) is 29.4 Å². The van der Waals surface area contributed by atoms with Crippen LogP contribution in [0.2, 0.25) is 0 Å². The molecule has 2 rings (SSSR count). The van der Waals surface area contributed by atoms with Gasteiger partial charge in [0.2, 0.25) is 0 Å². The third-order valence-electron chi connectivity index (χ3n) is 3.88. The molecule has 1 saturated heterocycles. The van der Waals surface area contributed by atoms with Crippen LogP contribution in [-0.4, -0.2) is 46.7 Å². The summed E-state index contributed by atoms with van der Waals surface area (Å²) in [5, 5.41) is 12.8. The van der Waals surface area contributed by atoms with Gasteiger partial charge >= 0.3 is 6.09 Å². The molecule has 0 radical (unpaired) electrons. The summed E-state index contributed by atoms with van der Waals surface area (Å²) in [4.78, 5) is 26.0. The average Bonchev–Trinajstić information content (AvgIpc) is 2.48. The monoisotopic (exact) mass is 334 g/mol. The number of hydrogen-bond acceptors (Lipinski definition) is 4. The van der Waals surface area contributed by atoms with Crippen LogP contribution >= 0.6 is 0 Å². The van der Waals surface area contributed by atoms with Gasteiger partial charge in [-0.25, -0.2) is 4.79 Å². The Kier molecular flexibility index (Phi) is 5.36. The molecular formula is C18H26N2O4. The maximum Gasteiger partial charge on any atom is 0.410 e. The van der Waals surface area contributed by atoms with Crippen molar-refractivity contribution in [3.8, 4) is 5.75 Å². The van der Waals surface area contributed by atoms with Gasteiger partial charge in [0, 0.05) is 19.1 Å². The Hall–Kier alpha value is -2.24. The molecule has 0 atom stereocenters. The number of carbonyl (C=O) groups excluding carboxylic acids is 2. The number of carbonyl (C=O) groups is 2. The van der Waals surface area contributed by atoms with E-state index in [0.29, 0.717) is 25.9 Å². The van der Waals surface area contributed by atoms with E-state index < -0.39 is 5.60 Å². The van der Waals surface area contributed by atoms with E-state index in [1.165, 1.54) is 6.07 Å². The summed E-state index contributed by atoms with van der Waals surface area (Å²) in [6.45, 7) is 8.47. The molecule has 1 fully saturated rings. The molecule has 1 aromatic rings. The number of rotatable bonds is 2. The number of aromatic hydroxyl groups is 1. The zero-order valence-electron chi connectivity index (χ0n) is 14.8. The molecule has 0 aromatic heterocycles. The Morgan fingerprint density at radius 1 is 1.25 bits per heavy atom. The summed E-state index contributed by atoms with van der Waals surface area (Å²) in [7, 11) is 0. The van der Waals surface area contributed by atoms with Crippen LogP contribution in [0.1, 0.15) is 49.5 Å². The van der Waals surface area contributed by atoms with Crippen LogP contribution in [0.5, 0.6) is 5.75 Å². The van der Waals surface area contributed by atoms with Gasteiger partial charge in [0.1, 0.15) is 11.4 Å². The molecule has 6 nitrogen and oxygen atoms in total. The third kappa shape index (κ3) is 4.88. The van der Waals surface area contributed by atoms with Crippen LogP contribution in [0.4, 0.5) is 4.79 Å². The predicted molar refractivity (Wildman–Crippen MR) is 91.1 cm³/mol. The third-order valence-corrected chi connectivity index (χ3v) is 3.88. The van der Waals surface area contributed by atoms with Crippen molar-refractivity contribution >= 4 is 12.0 Å². The number of phenols is 1. The van der Waals surface area contributed by atoms with Crippen molar-refractivity contribution < 1.29 is 19.4 Å². The van der Waals surface area contributed by atoms with Crippen LogP contribution in [0.25, 0.3) is 0 Å². The molecule has 24 heavy (non-hydrogen) atoms. The minimum absolute atomic E-state index is 0.0175. The van der Waals surface area contributed by atoms with E-state index in [2.05, 4.69) is 5.32 Å². The molecule has 0 saturated carbocycles. The highest BCUT2D eigenvalue weighted by Gasteiger charge is 2.27. The first-order valence-electron chi connectivity index (χ1n) is 8.24. The van der Waals surface area contributed by atoms with Crippen molar-refractivity contribution in [1.82, 2.24) is 10.2 Å². The zero-order valence-corrected chi connectivity index (χ0v) is 14.8. The highest BCUT2D eigenvalue weighted by atomic mass is 16.6. The van der Waals surface area contributed by atoms with Crippen molar-refractivity contribution in [3.63, 3.8) is 0 Å². The lowest BCUT2D eigenvalue weighted by Crippen LogP contribution is -2.47. The lowest BCUT2D eigenvalue weighted by atomic mass is 10.0. The lowest BCUT2D eigenvalue weighted by molar-refractivity contribution is 0.0199. The van der Waals surface area contributed by atoms with Gasteiger partial charge in [0.25, 0.3) is 5.91 Å². The van der Waals surface area contributed by atoms with Crippen molar-refractivity contribution in [2.75, 3.05) is 13.1 Å². The van der Waals surface area contributed by atoms with Crippen molar-refractivity contribution in [1.29, 1.82) is 0 Å². The molecule has 2 N–H and O–H groups in total. The first-order valence-corrected chi connectivity index (χ1v) is 8.24. The van der Waals surface area contributed by atoms with Gasteiger partial charge in [0.15, 0.2) is 0 Å². The Morgan fingerprint density at radius 3 is 2.46 bits per heavy atom. The van der Waals surface area contributed by atoms with E-state index in [1.807, 2.05) is 27.7 Å². The number of phenolic OH excluding ortho intramolecular Hbond substituents is 1. The molecular weight excluding hydrogens is 308 g/mol. The molecule has 6 heteroatoms. The normalized spacial score (nSPS) is 15.9. The number of amides is 2. The maximum atomic E-state index is 12.3. The van der Waals surface area contributed by atoms with Gasteiger partial charge < -0.3 is 20.1 Å². The second kappa shape index (κ2) is 7.11.